The van der Waals surface area contributed by atoms with Crippen LogP contribution in [-0.2, 0) is 4.79 Å². The maximum absolute atomic E-state index is 12.7. The molecular formula is C24H21N5OS. The lowest BCUT2D eigenvalue weighted by atomic mass is 9.97. The number of aryl methyl sites for hydroxylation is 2. The Bertz CT molecular complexity index is 1230. The predicted molar refractivity (Wildman–Crippen MR) is 123 cm³/mol. The molecule has 154 valence electrons. The molecule has 3 N–H and O–H groups in total. The molecule has 2 aromatic carbocycles. The van der Waals surface area contributed by atoms with E-state index in [1.54, 1.807) is 19.1 Å². The van der Waals surface area contributed by atoms with Gasteiger partial charge in [0.15, 0.2) is 0 Å². The lowest BCUT2D eigenvalue weighted by Gasteiger charge is -2.16. The molecule has 0 radical (unpaired) electrons. The zero-order valence-corrected chi connectivity index (χ0v) is 18.2. The van der Waals surface area contributed by atoms with E-state index in [1.807, 2.05) is 50.2 Å². The van der Waals surface area contributed by atoms with Crippen molar-refractivity contribution < 1.29 is 4.79 Å². The van der Waals surface area contributed by atoms with Gasteiger partial charge in [-0.2, -0.15) is 10.5 Å². The fourth-order valence-electron chi connectivity index (χ4n) is 3.06. The number of hydrogen-bond acceptors (Lipinski definition) is 6. The van der Waals surface area contributed by atoms with E-state index in [0.717, 1.165) is 22.9 Å². The molecule has 0 bridgehead atoms. The molecule has 0 fully saturated rings. The molecule has 0 aliphatic rings. The van der Waals surface area contributed by atoms with Crippen molar-refractivity contribution in [2.75, 3.05) is 11.1 Å². The number of anilines is 2. The number of rotatable bonds is 5. The van der Waals surface area contributed by atoms with Crippen LogP contribution < -0.4 is 11.1 Å². The first-order valence-electron chi connectivity index (χ1n) is 9.59. The first-order valence-corrected chi connectivity index (χ1v) is 10.5. The molecule has 1 amide bonds. The molecule has 0 saturated carbocycles. The predicted octanol–water partition coefficient (Wildman–Crippen LogP) is 4.81. The minimum absolute atomic E-state index is 0.0321. The standard InChI is InChI=1S/C24H21N5OS/c1-14-9-10-18(11-15(14)2)28-23(30)16(3)31-24-20(13-26)21(17-7-5-4-6-8-17)19(12-25)22(27)29-24/h4-11,16H,1-3H3,(H2,27,29)(H,28,30). The quantitative estimate of drug-likeness (QED) is 0.565. The van der Waals surface area contributed by atoms with Crippen LogP contribution in [0.4, 0.5) is 11.5 Å². The largest absolute Gasteiger partial charge is 0.383 e. The summed E-state index contributed by atoms with van der Waals surface area (Å²) >= 11 is 1.14. The summed E-state index contributed by atoms with van der Waals surface area (Å²) in [5.74, 6) is -0.187. The molecule has 1 atom stereocenters. The number of benzene rings is 2. The summed E-state index contributed by atoms with van der Waals surface area (Å²) < 4.78 is 0. The molecule has 6 nitrogen and oxygen atoms in total. The number of nitrogens with one attached hydrogen (secondary N) is 1. The number of nitrogens with two attached hydrogens (primary N) is 1. The van der Waals surface area contributed by atoms with Crippen molar-refractivity contribution in [3.8, 4) is 23.3 Å². The highest BCUT2D eigenvalue weighted by Crippen LogP contribution is 2.37. The SMILES string of the molecule is Cc1ccc(NC(=O)C(C)Sc2nc(N)c(C#N)c(-c3ccccc3)c2C#N)cc1C. The average Bonchev–Trinajstić information content (AvgIpc) is 2.76. The second-order valence-corrected chi connectivity index (χ2v) is 8.39. The summed E-state index contributed by atoms with van der Waals surface area (Å²) in [5.41, 5.74) is 10.5. The third kappa shape index (κ3) is 4.69. The molecule has 0 aliphatic heterocycles. The van der Waals surface area contributed by atoms with Gasteiger partial charge in [-0.1, -0.05) is 48.2 Å². The van der Waals surface area contributed by atoms with E-state index in [0.29, 0.717) is 21.8 Å². The van der Waals surface area contributed by atoms with Crippen LogP contribution in [0.3, 0.4) is 0 Å². The van der Waals surface area contributed by atoms with Gasteiger partial charge in [0, 0.05) is 11.3 Å². The van der Waals surface area contributed by atoms with Crippen molar-refractivity contribution in [1.82, 2.24) is 4.98 Å². The Morgan fingerprint density at radius 3 is 2.35 bits per heavy atom. The number of nitrogens with zero attached hydrogens (tertiary/aromatic N) is 3. The first kappa shape index (κ1) is 21.9. The van der Waals surface area contributed by atoms with Gasteiger partial charge in [-0.3, -0.25) is 4.79 Å². The highest BCUT2D eigenvalue weighted by molar-refractivity contribution is 8.00. The lowest BCUT2D eigenvalue weighted by molar-refractivity contribution is -0.115. The summed E-state index contributed by atoms with van der Waals surface area (Å²) in [4.78, 5) is 17.0. The monoisotopic (exact) mass is 427 g/mol. The van der Waals surface area contributed by atoms with E-state index < -0.39 is 5.25 Å². The topological polar surface area (TPSA) is 116 Å². The van der Waals surface area contributed by atoms with E-state index in [1.165, 1.54) is 0 Å². The van der Waals surface area contributed by atoms with Crippen molar-refractivity contribution in [3.63, 3.8) is 0 Å². The van der Waals surface area contributed by atoms with Crippen molar-refractivity contribution in [2.24, 2.45) is 0 Å². The van der Waals surface area contributed by atoms with Gasteiger partial charge < -0.3 is 11.1 Å². The van der Waals surface area contributed by atoms with E-state index in [-0.39, 0.29) is 22.9 Å². The number of pyridine rings is 1. The zero-order chi connectivity index (χ0) is 22.5. The Labute approximate surface area is 185 Å². The van der Waals surface area contributed by atoms with Gasteiger partial charge in [0.2, 0.25) is 5.91 Å². The van der Waals surface area contributed by atoms with Crippen LogP contribution in [-0.4, -0.2) is 16.1 Å². The van der Waals surface area contributed by atoms with E-state index in [9.17, 15) is 15.3 Å². The van der Waals surface area contributed by atoms with Crippen LogP contribution in [0.15, 0.2) is 53.6 Å². The number of hydrogen-bond donors (Lipinski definition) is 2. The van der Waals surface area contributed by atoms with Crippen LogP contribution in [0.1, 0.15) is 29.2 Å². The summed E-state index contributed by atoms with van der Waals surface area (Å²) in [6.07, 6.45) is 0. The van der Waals surface area contributed by atoms with E-state index >= 15 is 0 Å². The highest BCUT2D eigenvalue weighted by atomic mass is 32.2. The second-order valence-electron chi connectivity index (χ2n) is 7.07. The number of nitrogen functional groups attached to an aromatic ring is 1. The molecule has 3 aromatic rings. The van der Waals surface area contributed by atoms with Gasteiger partial charge >= 0.3 is 0 Å². The van der Waals surface area contributed by atoms with Gasteiger partial charge in [0.25, 0.3) is 0 Å². The fourth-order valence-corrected chi connectivity index (χ4v) is 3.98. The lowest BCUT2D eigenvalue weighted by Crippen LogP contribution is -2.23. The van der Waals surface area contributed by atoms with Gasteiger partial charge in [-0.15, -0.1) is 0 Å². The highest BCUT2D eigenvalue weighted by Gasteiger charge is 2.24. The van der Waals surface area contributed by atoms with Crippen molar-refractivity contribution >= 4 is 29.2 Å². The maximum atomic E-state index is 12.7. The van der Waals surface area contributed by atoms with E-state index in [4.69, 9.17) is 5.73 Å². The van der Waals surface area contributed by atoms with Crippen molar-refractivity contribution in [2.45, 2.75) is 31.0 Å². The molecule has 0 saturated heterocycles. The second kappa shape index (κ2) is 9.34. The molecular weight excluding hydrogens is 406 g/mol. The fraction of sp³-hybridized carbons (Fsp3) is 0.167. The van der Waals surface area contributed by atoms with Gasteiger partial charge in [0.1, 0.15) is 28.5 Å². The normalized spacial score (nSPS) is 11.3. The Morgan fingerprint density at radius 1 is 1.06 bits per heavy atom. The molecule has 3 rings (SSSR count). The molecule has 31 heavy (non-hydrogen) atoms. The summed E-state index contributed by atoms with van der Waals surface area (Å²) in [6, 6.07) is 19.0. The van der Waals surface area contributed by atoms with Gasteiger partial charge in [-0.05, 0) is 49.6 Å². The molecule has 7 heteroatoms. The number of carbonyl (C=O) groups excluding carboxylic acids is 1. The smallest absolute Gasteiger partial charge is 0.237 e. The summed E-state index contributed by atoms with van der Waals surface area (Å²) in [5, 5.41) is 22.1. The van der Waals surface area contributed by atoms with Crippen molar-refractivity contribution in [3.05, 3.63) is 70.8 Å². The minimum atomic E-state index is -0.544. The first-order chi connectivity index (χ1) is 14.8. The number of amides is 1. The van der Waals surface area contributed by atoms with Crippen LogP contribution in [0.25, 0.3) is 11.1 Å². The molecule has 1 heterocycles. The molecule has 0 spiro atoms. The Hall–Kier alpha value is -3.81. The minimum Gasteiger partial charge on any atom is -0.383 e. The van der Waals surface area contributed by atoms with Crippen molar-refractivity contribution in [1.29, 1.82) is 10.5 Å². The number of nitriles is 2. The van der Waals surface area contributed by atoms with Crippen LogP contribution in [0.5, 0.6) is 0 Å². The van der Waals surface area contributed by atoms with Gasteiger partial charge in [-0.25, -0.2) is 4.98 Å². The van der Waals surface area contributed by atoms with Crippen LogP contribution >= 0.6 is 11.8 Å². The molecule has 1 unspecified atom stereocenters. The third-order valence-corrected chi connectivity index (χ3v) is 6.00. The Morgan fingerprint density at radius 2 is 1.74 bits per heavy atom. The summed E-state index contributed by atoms with van der Waals surface area (Å²) in [6.45, 7) is 5.73. The average molecular weight is 428 g/mol. The molecule has 1 aromatic heterocycles. The Kier molecular flexibility index (Phi) is 6.59. The number of thioether (sulfide) groups is 1. The summed E-state index contributed by atoms with van der Waals surface area (Å²) in [7, 11) is 0. The van der Waals surface area contributed by atoms with Crippen LogP contribution in [0.2, 0.25) is 0 Å². The molecule has 0 aliphatic carbocycles. The third-order valence-electron chi connectivity index (χ3n) is 4.91. The van der Waals surface area contributed by atoms with Crippen LogP contribution in [0, 0.1) is 36.5 Å². The Balaban J connectivity index is 1.95. The number of aromatic nitrogens is 1. The zero-order valence-electron chi connectivity index (χ0n) is 17.4. The maximum Gasteiger partial charge on any atom is 0.237 e. The van der Waals surface area contributed by atoms with E-state index in [2.05, 4.69) is 22.4 Å². The number of carbonyl (C=O) groups is 1. The van der Waals surface area contributed by atoms with Gasteiger partial charge in [0.05, 0.1) is 10.8 Å².